The molecule has 0 saturated heterocycles. The van der Waals surface area contributed by atoms with Crippen molar-refractivity contribution in [1.29, 1.82) is 5.26 Å². The molecule has 0 atom stereocenters. The number of carboxylic acids is 1. The second-order valence-corrected chi connectivity index (χ2v) is 4.28. The van der Waals surface area contributed by atoms with Crippen molar-refractivity contribution in [1.82, 2.24) is 9.78 Å². The second kappa shape index (κ2) is 5.45. The molecule has 1 aromatic heterocycles. The number of carbonyl (C=O) groups is 1. The highest BCUT2D eigenvalue weighted by Gasteiger charge is 2.12. The summed E-state index contributed by atoms with van der Waals surface area (Å²) in [5.41, 5.74) is 1.93. The third kappa shape index (κ3) is 2.62. The van der Waals surface area contributed by atoms with Gasteiger partial charge in [0.15, 0.2) is 0 Å². The van der Waals surface area contributed by atoms with E-state index in [0.717, 1.165) is 5.56 Å². The minimum Gasteiger partial charge on any atom is -0.495 e. The van der Waals surface area contributed by atoms with E-state index < -0.39 is 5.97 Å². The average molecular weight is 271 g/mol. The summed E-state index contributed by atoms with van der Waals surface area (Å²) in [7, 11) is 1.51. The summed E-state index contributed by atoms with van der Waals surface area (Å²) in [5, 5.41) is 22.2. The Morgan fingerprint density at radius 1 is 1.55 bits per heavy atom. The first-order valence-corrected chi connectivity index (χ1v) is 5.89. The standard InChI is InChI=1S/C14H13N3O3/c1-9-12(14(18)19)8-17(16-9)7-10-3-4-13(20-2)11(5-10)6-15/h3-5,8H,7H2,1-2H3,(H,18,19). The first-order valence-electron chi connectivity index (χ1n) is 5.89. The van der Waals surface area contributed by atoms with Crippen LogP contribution in [-0.4, -0.2) is 28.0 Å². The van der Waals surface area contributed by atoms with E-state index in [9.17, 15) is 4.79 Å². The molecule has 2 rings (SSSR count). The lowest BCUT2D eigenvalue weighted by Crippen LogP contribution is -2.01. The molecule has 0 bridgehead atoms. The molecule has 0 aliphatic carbocycles. The van der Waals surface area contributed by atoms with Gasteiger partial charge in [0.2, 0.25) is 0 Å². The molecular weight excluding hydrogens is 258 g/mol. The molecule has 0 saturated carbocycles. The molecule has 0 fully saturated rings. The van der Waals surface area contributed by atoms with Gasteiger partial charge in [0.1, 0.15) is 17.4 Å². The molecule has 0 aliphatic heterocycles. The number of aromatic nitrogens is 2. The van der Waals surface area contributed by atoms with Crippen LogP contribution in [0.25, 0.3) is 0 Å². The summed E-state index contributed by atoms with van der Waals surface area (Å²) in [6.45, 7) is 2.04. The van der Waals surface area contributed by atoms with E-state index in [1.165, 1.54) is 13.3 Å². The second-order valence-electron chi connectivity index (χ2n) is 4.28. The molecule has 0 amide bonds. The SMILES string of the molecule is COc1ccc(Cn2cc(C(=O)O)c(C)n2)cc1C#N. The Kier molecular flexibility index (Phi) is 3.71. The quantitative estimate of drug-likeness (QED) is 0.916. The van der Waals surface area contributed by atoms with Crippen LogP contribution in [0.3, 0.4) is 0 Å². The van der Waals surface area contributed by atoms with Gasteiger partial charge in [-0.3, -0.25) is 4.68 Å². The Bertz CT molecular complexity index is 698. The normalized spacial score (nSPS) is 10.1. The maximum absolute atomic E-state index is 11.0. The number of nitriles is 1. The predicted octanol–water partition coefficient (Wildman–Crippen LogP) is 1.82. The number of ether oxygens (including phenoxy) is 1. The Hall–Kier alpha value is -2.81. The van der Waals surface area contributed by atoms with Gasteiger partial charge < -0.3 is 9.84 Å². The molecule has 6 nitrogen and oxygen atoms in total. The van der Waals surface area contributed by atoms with Gasteiger partial charge in [-0.15, -0.1) is 0 Å². The Morgan fingerprint density at radius 2 is 2.30 bits per heavy atom. The minimum atomic E-state index is -0.999. The molecule has 2 aromatic rings. The van der Waals surface area contributed by atoms with Crippen LogP contribution in [0.1, 0.15) is 27.2 Å². The zero-order chi connectivity index (χ0) is 14.7. The lowest BCUT2D eigenvalue weighted by molar-refractivity contribution is 0.0696. The van der Waals surface area contributed by atoms with Crippen LogP contribution < -0.4 is 4.74 Å². The van der Waals surface area contributed by atoms with E-state index in [2.05, 4.69) is 11.2 Å². The topological polar surface area (TPSA) is 88.1 Å². The maximum atomic E-state index is 11.0. The molecule has 20 heavy (non-hydrogen) atoms. The summed E-state index contributed by atoms with van der Waals surface area (Å²) in [4.78, 5) is 11.0. The minimum absolute atomic E-state index is 0.180. The van der Waals surface area contributed by atoms with Gasteiger partial charge in [-0.2, -0.15) is 10.4 Å². The predicted molar refractivity (Wildman–Crippen MR) is 70.7 cm³/mol. The van der Waals surface area contributed by atoms with E-state index in [4.69, 9.17) is 15.1 Å². The van der Waals surface area contributed by atoms with Crippen LogP contribution in [0.5, 0.6) is 5.75 Å². The third-order valence-electron chi connectivity index (χ3n) is 2.91. The largest absolute Gasteiger partial charge is 0.495 e. The van der Waals surface area contributed by atoms with Crippen molar-refractivity contribution in [3.8, 4) is 11.8 Å². The zero-order valence-corrected chi connectivity index (χ0v) is 11.1. The van der Waals surface area contributed by atoms with Crippen molar-refractivity contribution in [2.24, 2.45) is 0 Å². The number of benzene rings is 1. The Balaban J connectivity index is 2.29. The van der Waals surface area contributed by atoms with E-state index in [1.54, 1.807) is 23.7 Å². The van der Waals surface area contributed by atoms with Crippen molar-refractivity contribution in [2.45, 2.75) is 13.5 Å². The zero-order valence-electron chi connectivity index (χ0n) is 11.1. The Labute approximate surface area is 115 Å². The van der Waals surface area contributed by atoms with Crippen LogP contribution in [0.2, 0.25) is 0 Å². The molecule has 1 heterocycles. The van der Waals surface area contributed by atoms with Crippen LogP contribution in [0.15, 0.2) is 24.4 Å². The maximum Gasteiger partial charge on any atom is 0.339 e. The van der Waals surface area contributed by atoms with E-state index >= 15 is 0 Å². The number of rotatable bonds is 4. The van der Waals surface area contributed by atoms with Crippen LogP contribution in [-0.2, 0) is 6.54 Å². The molecule has 102 valence electrons. The van der Waals surface area contributed by atoms with Crippen molar-refractivity contribution >= 4 is 5.97 Å². The average Bonchev–Trinajstić information content (AvgIpc) is 2.79. The van der Waals surface area contributed by atoms with Crippen molar-refractivity contribution in [3.63, 3.8) is 0 Å². The van der Waals surface area contributed by atoms with Gasteiger partial charge in [0, 0.05) is 6.20 Å². The third-order valence-corrected chi connectivity index (χ3v) is 2.91. The number of nitrogens with zero attached hydrogens (tertiary/aromatic N) is 3. The molecular formula is C14H13N3O3. The molecule has 0 radical (unpaired) electrons. The number of aromatic carboxylic acids is 1. The monoisotopic (exact) mass is 271 g/mol. The summed E-state index contributed by atoms with van der Waals surface area (Å²) < 4.78 is 6.62. The molecule has 1 aromatic carbocycles. The highest BCUT2D eigenvalue weighted by molar-refractivity contribution is 5.88. The lowest BCUT2D eigenvalue weighted by atomic mass is 10.1. The summed E-state index contributed by atoms with van der Waals surface area (Å²) in [5.74, 6) is -0.486. The fourth-order valence-corrected chi connectivity index (χ4v) is 1.94. The number of aryl methyl sites for hydroxylation is 1. The van der Waals surface area contributed by atoms with Gasteiger partial charge in [0.05, 0.1) is 24.9 Å². The molecule has 0 aliphatic rings. The van der Waals surface area contributed by atoms with Gasteiger partial charge in [-0.1, -0.05) is 6.07 Å². The van der Waals surface area contributed by atoms with E-state index in [0.29, 0.717) is 23.6 Å². The van der Waals surface area contributed by atoms with Crippen molar-refractivity contribution in [2.75, 3.05) is 7.11 Å². The fraction of sp³-hybridized carbons (Fsp3) is 0.214. The number of hydrogen-bond donors (Lipinski definition) is 1. The smallest absolute Gasteiger partial charge is 0.339 e. The van der Waals surface area contributed by atoms with Crippen LogP contribution in [0.4, 0.5) is 0 Å². The van der Waals surface area contributed by atoms with Crippen LogP contribution in [0, 0.1) is 18.3 Å². The summed E-state index contributed by atoms with van der Waals surface area (Å²) in [6.07, 6.45) is 1.48. The molecule has 6 heteroatoms. The highest BCUT2D eigenvalue weighted by Crippen LogP contribution is 2.19. The van der Waals surface area contributed by atoms with Gasteiger partial charge in [0.25, 0.3) is 0 Å². The number of methoxy groups -OCH3 is 1. The van der Waals surface area contributed by atoms with E-state index in [-0.39, 0.29) is 5.56 Å². The van der Waals surface area contributed by atoms with Crippen molar-refractivity contribution < 1.29 is 14.6 Å². The molecule has 1 N–H and O–H groups in total. The molecule has 0 unspecified atom stereocenters. The first-order chi connectivity index (χ1) is 9.55. The summed E-state index contributed by atoms with van der Waals surface area (Å²) >= 11 is 0. The molecule has 0 spiro atoms. The number of carboxylic acid groups (broad SMARTS) is 1. The fourth-order valence-electron chi connectivity index (χ4n) is 1.94. The van der Waals surface area contributed by atoms with Gasteiger partial charge >= 0.3 is 5.97 Å². The Morgan fingerprint density at radius 3 is 2.85 bits per heavy atom. The van der Waals surface area contributed by atoms with E-state index in [1.807, 2.05) is 6.07 Å². The lowest BCUT2D eigenvalue weighted by Gasteiger charge is -2.06. The first kappa shape index (κ1) is 13.6. The number of hydrogen-bond acceptors (Lipinski definition) is 4. The summed E-state index contributed by atoms with van der Waals surface area (Å²) in [6, 6.07) is 7.29. The van der Waals surface area contributed by atoms with Gasteiger partial charge in [-0.05, 0) is 24.6 Å². The highest BCUT2D eigenvalue weighted by atomic mass is 16.5. The van der Waals surface area contributed by atoms with Crippen LogP contribution >= 0.6 is 0 Å². The van der Waals surface area contributed by atoms with Gasteiger partial charge in [-0.25, -0.2) is 4.79 Å². The van der Waals surface area contributed by atoms with Crippen molar-refractivity contribution in [3.05, 3.63) is 46.8 Å².